The maximum atomic E-state index is 11.9. The van der Waals surface area contributed by atoms with Crippen LogP contribution in [0.2, 0.25) is 0 Å². The fraction of sp³-hybridized carbons (Fsp3) is 0.125. The Morgan fingerprint density at radius 2 is 1.87 bits per heavy atom. The van der Waals surface area contributed by atoms with Crippen LogP contribution in [0.15, 0.2) is 48.8 Å². The van der Waals surface area contributed by atoms with E-state index in [2.05, 4.69) is 25.5 Å². The van der Waals surface area contributed by atoms with Crippen LogP contribution in [0.25, 0.3) is 11.4 Å². The van der Waals surface area contributed by atoms with Gasteiger partial charge in [0.25, 0.3) is 0 Å². The Balaban J connectivity index is 1.56. The largest absolute Gasteiger partial charge is 0.508 e. The van der Waals surface area contributed by atoms with Gasteiger partial charge in [-0.1, -0.05) is 12.1 Å². The summed E-state index contributed by atoms with van der Waals surface area (Å²) in [4.78, 5) is 20.1. The molecule has 0 saturated heterocycles. The third-order valence-electron chi connectivity index (χ3n) is 3.27. The molecule has 3 aromatic rings. The zero-order valence-corrected chi connectivity index (χ0v) is 12.2. The maximum absolute atomic E-state index is 11.9. The molecule has 0 fully saturated rings. The Labute approximate surface area is 132 Å². The molecule has 1 aromatic carbocycles. The molecule has 0 radical (unpaired) electrons. The number of carbonyl (C=O) groups is 1. The first-order valence-electron chi connectivity index (χ1n) is 7.11. The van der Waals surface area contributed by atoms with Crippen molar-refractivity contribution < 1.29 is 9.90 Å². The van der Waals surface area contributed by atoms with Crippen molar-refractivity contribution in [2.45, 2.75) is 12.8 Å². The van der Waals surface area contributed by atoms with E-state index >= 15 is 0 Å². The van der Waals surface area contributed by atoms with Crippen molar-refractivity contribution in [2.75, 3.05) is 5.32 Å². The molecule has 0 saturated carbocycles. The van der Waals surface area contributed by atoms with Crippen molar-refractivity contribution in [1.82, 2.24) is 20.2 Å². The van der Waals surface area contributed by atoms with E-state index in [1.165, 1.54) is 0 Å². The summed E-state index contributed by atoms with van der Waals surface area (Å²) >= 11 is 0. The number of phenolic OH excluding ortho intramolecular Hbond substituents is 1. The van der Waals surface area contributed by atoms with Crippen LogP contribution in [0.5, 0.6) is 5.75 Å². The van der Waals surface area contributed by atoms with E-state index in [9.17, 15) is 9.90 Å². The molecular weight excluding hydrogens is 294 g/mol. The predicted molar refractivity (Wildman–Crippen MR) is 84.7 cm³/mol. The fourth-order valence-electron chi connectivity index (χ4n) is 2.06. The number of H-pyrrole nitrogens is 1. The first-order valence-corrected chi connectivity index (χ1v) is 7.11. The van der Waals surface area contributed by atoms with Gasteiger partial charge < -0.3 is 5.11 Å². The highest BCUT2D eigenvalue weighted by Crippen LogP contribution is 2.15. The first-order chi connectivity index (χ1) is 11.2. The molecule has 116 valence electrons. The van der Waals surface area contributed by atoms with Crippen molar-refractivity contribution >= 4 is 11.9 Å². The molecule has 2 aromatic heterocycles. The Morgan fingerprint density at radius 1 is 1.13 bits per heavy atom. The van der Waals surface area contributed by atoms with Gasteiger partial charge in [0.05, 0.1) is 0 Å². The summed E-state index contributed by atoms with van der Waals surface area (Å²) in [6, 6.07) is 10.4. The molecular formula is C16H15N5O2. The lowest BCUT2D eigenvalue weighted by molar-refractivity contribution is -0.116. The predicted octanol–water partition coefficient (Wildman–Crippen LogP) is 2.14. The van der Waals surface area contributed by atoms with Crippen LogP contribution in [0, 0.1) is 0 Å². The van der Waals surface area contributed by atoms with Gasteiger partial charge in [0.2, 0.25) is 11.9 Å². The average molecular weight is 309 g/mol. The number of carbonyl (C=O) groups excluding carboxylic acids is 1. The number of aryl methyl sites for hydroxylation is 1. The number of phenols is 1. The number of aromatic amines is 1. The Kier molecular flexibility index (Phi) is 4.28. The lowest BCUT2D eigenvalue weighted by Crippen LogP contribution is -2.13. The molecule has 3 N–H and O–H groups in total. The average Bonchev–Trinajstić information content (AvgIpc) is 3.04. The second-order valence-electron chi connectivity index (χ2n) is 4.96. The summed E-state index contributed by atoms with van der Waals surface area (Å²) in [5.41, 5.74) is 1.82. The normalized spacial score (nSPS) is 10.4. The van der Waals surface area contributed by atoms with E-state index in [0.717, 1.165) is 11.1 Å². The zero-order chi connectivity index (χ0) is 16.1. The SMILES string of the molecule is O=C(CCc1ccc(O)cc1)Nc1n[nH]c(-c2ccncc2)n1. The molecule has 0 atom stereocenters. The number of aromatic hydroxyl groups is 1. The fourth-order valence-corrected chi connectivity index (χ4v) is 2.06. The highest BCUT2D eigenvalue weighted by molar-refractivity contribution is 5.89. The molecule has 0 unspecified atom stereocenters. The zero-order valence-electron chi connectivity index (χ0n) is 12.2. The number of amides is 1. The van der Waals surface area contributed by atoms with Crippen LogP contribution in [0.1, 0.15) is 12.0 Å². The van der Waals surface area contributed by atoms with Crippen molar-refractivity contribution in [2.24, 2.45) is 0 Å². The quantitative estimate of drug-likeness (QED) is 0.670. The van der Waals surface area contributed by atoms with Gasteiger partial charge in [-0.15, -0.1) is 5.10 Å². The van der Waals surface area contributed by atoms with Gasteiger partial charge in [-0.05, 0) is 36.2 Å². The Hall–Kier alpha value is -3.22. The summed E-state index contributed by atoms with van der Waals surface area (Å²) in [6.45, 7) is 0. The number of hydrogen-bond donors (Lipinski definition) is 3. The van der Waals surface area contributed by atoms with Gasteiger partial charge in [-0.3, -0.25) is 20.2 Å². The molecule has 7 nitrogen and oxygen atoms in total. The molecule has 0 spiro atoms. The molecule has 23 heavy (non-hydrogen) atoms. The maximum Gasteiger partial charge on any atom is 0.249 e. The lowest BCUT2D eigenvalue weighted by atomic mass is 10.1. The molecule has 1 amide bonds. The van der Waals surface area contributed by atoms with E-state index in [0.29, 0.717) is 18.7 Å². The van der Waals surface area contributed by atoms with Gasteiger partial charge >= 0.3 is 0 Å². The minimum Gasteiger partial charge on any atom is -0.508 e. The summed E-state index contributed by atoms with van der Waals surface area (Å²) < 4.78 is 0. The first kappa shape index (κ1) is 14.7. The molecule has 0 aliphatic heterocycles. The smallest absolute Gasteiger partial charge is 0.249 e. The number of hydrogen-bond acceptors (Lipinski definition) is 5. The minimum absolute atomic E-state index is 0.168. The van der Waals surface area contributed by atoms with Gasteiger partial charge in [-0.2, -0.15) is 4.98 Å². The second-order valence-corrected chi connectivity index (χ2v) is 4.96. The monoisotopic (exact) mass is 309 g/mol. The van der Waals surface area contributed by atoms with Crippen molar-refractivity contribution in [3.8, 4) is 17.1 Å². The number of nitrogens with one attached hydrogen (secondary N) is 2. The number of pyridine rings is 1. The summed E-state index contributed by atoms with van der Waals surface area (Å²) in [7, 11) is 0. The number of anilines is 1. The van der Waals surface area contributed by atoms with Crippen LogP contribution in [-0.4, -0.2) is 31.2 Å². The lowest BCUT2D eigenvalue weighted by Gasteiger charge is -2.02. The molecule has 3 rings (SSSR count). The molecule has 7 heteroatoms. The summed E-state index contributed by atoms with van der Waals surface area (Å²) in [5, 5.41) is 18.6. The van der Waals surface area contributed by atoms with Crippen molar-refractivity contribution in [3.05, 3.63) is 54.4 Å². The molecule has 0 aliphatic carbocycles. The Morgan fingerprint density at radius 3 is 2.61 bits per heavy atom. The highest BCUT2D eigenvalue weighted by atomic mass is 16.3. The Bertz CT molecular complexity index is 784. The van der Waals surface area contributed by atoms with Crippen molar-refractivity contribution in [3.63, 3.8) is 0 Å². The third kappa shape index (κ3) is 3.91. The minimum atomic E-state index is -0.168. The van der Waals surface area contributed by atoms with Crippen molar-refractivity contribution in [1.29, 1.82) is 0 Å². The number of nitrogens with zero attached hydrogens (tertiary/aromatic N) is 3. The van der Waals surface area contributed by atoms with E-state index in [4.69, 9.17) is 0 Å². The van der Waals surface area contributed by atoms with Gasteiger partial charge in [0.1, 0.15) is 5.75 Å². The van der Waals surface area contributed by atoms with Gasteiger partial charge in [0, 0.05) is 24.4 Å². The van der Waals surface area contributed by atoms with Crippen LogP contribution in [0.4, 0.5) is 5.95 Å². The third-order valence-corrected chi connectivity index (χ3v) is 3.27. The van der Waals surface area contributed by atoms with E-state index in [1.807, 2.05) is 0 Å². The molecule has 2 heterocycles. The topological polar surface area (TPSA) is 104 Å². The van der Waals surface area contributed by atoms with Crippen LogP contribution in [0.3, 0.4) is 0 Å². The van der Waals surface area contributed by atoms with Crippen LogP contribution < -0.4 is 5.32 Å². The molecule has 0 aliphatic rings. The summed E-state index contributed by atoms with van der Waals surface area (Å²) in [6.07, 6.45) is 4.21. The number of rotatable bonds is 5. The van der Waals surface area contributed by atoms with Gasteiger partial charge in [-0.25, -0.2) is 0 Å². The van der Waals surface area contributed by atoms with Crippen LogP contribution in [-0.2, 0) is 11.2 Å². The highest BCUT2D eigenvalue weighted by Gasteiger charge is 2.09. The van der Waals surface area contributed by atoms with E-state index in [1.54, 1.807) is 48.8 Å². The number of aromatic nitrogens is 4. The van der Waals surface area contributed by atoms with E-state index in [-0.39, 0.29) is 17.6 Å². The summed E-state index contributed by atoms with van der Waals surface area (Å²) in [5.74, 6) is 0.856. The van der Waals surface area contributed by atoms with E-state index < -0.39 is 0 Å². The standard InChI is InChI=1S/C16H15N5O2/c22-13-4-1-11(2-5-13)3-6-14(23)18-16-19-15(20-21-16)12-7-9-17-10-8-12/h1-2,4-5,7-10,22H,3,6H2,(H2,18,19,20,21,23). The van der Waals surface area contributed by atoms with Gasteiger partial charge in [0.15, 0.2) is 5.82 Å². The second kappa shape index (κ2) is 6.69. The number of benzene rings is 1. The van der Waals surface area contributed by atoms with Crippen LogP contribution >= 0.6 is 0 Å². The molecule has 0 bridgehead atoms.